The number of amides is 2. The van der Waals surface area contributed by atoms with E-state index in [-0.39, 0.29) is 29.7 Å². The van der Waals surface area contributed by atoms with Crippen molar-refractivity contribution in [3.05, 3.63) is 76.4 Å². The van der Waals surface area contributed by atoms with E-state index in [4.69, 9.17) is 16.7 Å². The summed E-state index contributed by atoms with van der Waals surface area (Å²) in [5, 5.41) is 8.24. The molecule has 6 nitrogen and oxygen atoms in total. The van der Waals surface area contributed by atoms with Gasteiger partial charge in [-0.25, -0.2) is 4.68 Å². The summed E-state index contributed by atoms with van der Waals surface area (Å²) in [5.41, 5.74) is 3.08. The third kappa shape index (κ3) is 6.48. The summed E-state index contributed by atoms with van der Waals surface area (Å²) in [4.78, 5) is 27.9. The largest absolute Gasteiger partial charge is 0.329 e. The van der Waals surface area contributed by atoms with Crippen LogP contribution in [0.15, 0.2) is 54.6 Å². The van der Waals surface area contributed by atoms with Gasteiger partial charge in [0.15, 0.2) is 0 Å². The lowest BCUT2D eigenvalue weighted by Gasteiger charge is -2.24. The Balaban J connectivity index is 1.88. The molecule has 2 amide bonds. The van der Waals surface area contributed by atoms with Crippen molar-refractivity contribution in [1.82, 2.24) is 14.7 Å². The smallest absolute Gasteiger partial charge is 0.254 e. The molecule has 2 aromatic carbocycles. The van der Waals surface area contributed by atoms with Gasteiger partial charge < -0.3 is 10.2 Å². The zero-order valence-corrected chi connectivity index (χ0v) is 21.5. The lowest BCUT2D eigenvalue weighted by Crippen LogP contribution is -2.40. The quantitative estimate of drug-likeness (QED) is 0.460. The first-order chi connectivity index (χ1) is 15.9. The van der Waals surface area contributed by atoms with Crippen LogP contribution in [0.5, 0.6) is 0 Å². The van der Waals surface area contributed by atoms with E-state index >= 15 is 0 Å². The first-order valence-corrected chi connectivity index (χ1v) is 11.8. The summed E-state index contributed by atoms with van der Waals surface area (Å²) in [6, 6.07) is 16.6. The topological polar surface area (TPSA) is 67.2 Å². The monoisotopic (exact) mass is 480 g/mol. The van der Waals surface area contributed by atoms with Gasteiger partial charge in [-0.1, -0.05) is 64.4 Å². The van der Waals surface area contributed by atoms with Crippen LogP contribution in [0, 0.1) is 12.8 Å². The zero-order valence-electron chi connectivity index (χ0n) is 20.7. The predicted molar refractivity (Wildman–Crippen MR) is 138 cm³/mol. The van der Waals surface area contributed by atoms with Crippen molar-refractivity contribution in [3.8, 4) is 5.69 Å². The molecule has 0 aliphatic heterocycles. The summed E-state index contributed by atoms with van der Waals surface area (Å²) in [6.07, 6.45) is 0. The van der Waals surface area contributed by atoms with Gasteiger partial charge in [-0.2, -0.15) is 5.10 Å². The van der Waals surface area contributed by atoms with Crippen LogP contribution in [0.25, 0.3) is 5.69 Å². The van der Waals surface area contributed by atoms with E-state index in [0.29, 0.717) is 22.9 Å². The SMILES string of the molecule is Cc1cccc(-n2nc(C(C)(C)C)cc2NC(=O)CN(CC(C)C)C(=O)c2cccc(Cl)c2)c1. The molecule has 7 heteroatoms. The Bertz CT molecular complexity index is 1180. The van der Waals surface area contributed by atoms with E-state index in [0.717, 1.165) is 16.9 Å². The van der Waals surface area contributed by atoms with E-state index < -0.39 is 0 Å². The van der Waals surface area contributed by atoms with Gasteiger partial charge >= 0.3 is 0 Å². The second kappa shape index (κ2) is 10.4. The Hall–Kier alpha value is -3.12. The molecule has 0 unspecified atom stereocenters. The molecule has 3 aromatic rings. The second-order valence-electron chi connectivity index (χ2n) is 10.1. The highest BCUT2D eigenvalue weighted by atomic mass is 35.5. The van der Waals surface area contributed by atoms with Crippen LogP contribution < -0.4 is 5.32 Å². The number of rotatable bonds is 7. The van der Waals surface area contributed by atoms with Crippen LogP contribution in [0.2, 0.25) is 5.02 Å². The Morgan fingerprint density at radius 2 is 1.79 bits per heavy atom. The molecule has 180 valence electrons. The van der Waals surface area contributed by atoms with Crippen molar-refractivity contribution >= 4 is 29.2 Å². The molecule has 0 spiro atoms. The summed E-state index contributed by atoms with van der Waals surface area (Å²) in [7, 11) is 0. The van der Waals surface area contributed by atoms with Gasteiger partial charge in [-0.3, -0.25) is 9.59 Å². The number of anilines is 1. The van der Waals surface area contributed by atoms with Gasteiger partial charge in [-0.05, 0) is 48.7 Å². The van der Waals surface area contributed by atoms with Crippen molar-refractivity contribution in [1.29, 1.82) is 0 Å². The molecular formula is C27H33ClN4O2. The number of hydrogen-bond acceptors (Lipinski definition) is 3. The number of aryl methyl sites for hydroxylation is 1. The van der Waals surface area contributed by atoms with Crippen molar-refractivity contribution in [2.24, 2.45) is 5.92 Å². The lowest BCUT2D eigenvalue weighted by molar-refractivity contribution is -0.117. The molecule has 0 aliphatic rings. The minimum Gasteiger partial charge on any atom is -0.329 e. The average molecular weight is 481 g/mol. The molecule has 0 bridgehead atoms. The maximum absolute atomic E-state index is 13.2. The van der Waals surface area contributed by atoms with E-state index in [1.807, 2.05) is 51.1 Å². The molecule has 1 aromatic heterocycles. The van der Waals surface area contributed by atoms with Gasteiger partial charge in [0.2, 0.25) is 5.91 Å². The van der Waals surface area contributed by atoms with Gasteiger partial charge in [0.05, 0.1) is 11.4 Å². The van der Waals surface area contributed by atoms with E-state index in [1.54, 1.807) is 33.8 Å². The predicted octanol–water partition coefficient (Wildman–Crippen LogP) is 5.87. The Labute approximate surface area is 206 Å². The first kappa shape index (κ1) is 25.5. The highest BCUT2D eigenvalue weighted by molar-refractivity contribution is 6.31. The van der Waals surface area contributed by atoms with Crippen LogP contribution in [-0.2, 0) is 10.2 Å². The third-order valence-corrected chi connectivity index (χ3v) is 5.51. The van der Waals surface area contributed by atoms with Crippen LogP contribution in [0.4, 0.5) is 5.82 Å². The number of nitrogens with one attached hydrogen (secondary N) is 1. The Morgan fingerprint density at radius 1 is 1.09 bits per heavy atom. The van der Waals surface area contributed by atoms with Crippen LogP contribution in [0.1, 0.15) is 56.2 Å². The standard InChI is InChI=1S/C27H33ClN4O2/c1-18(2)16-31(26(34)20-10-8-11-21(28)14-20)17-25(33)29-24-15-23(27(4,5)6)30-32(24)22-12-7-9-19(3)13-22/h7-15,18H,16-17H2,1-6H3,(H,29,33). The van der Waals surface area contributed by atoms with E-state index in [9.17, 15) is 9.59 Å². The van der Waals surface area contributed by atoms with Crippen molar-refractivity contribution in [2.45, 2.75) is 47.0 Å². The fourth-order valence-corrected chi connectivity index (χ4v) is 3.80. The number of carbonyl (C=O) groups excluding carboxylic acids is 2. The van der Waals surface area contributed by atoms with E-state index in [1.165, 1.54) is 0 Å². The molecule has 34 heavy (non-hydrogen) atoms. The second-order valence-corrected chi connectivity index (χ2v) is 10.5. The van der Waals surface area contributed by atoms with Gasteiger partial charge in [0.25, 0.3) is 5.91 Å². The molecule has 1 heterocycles. The molecule has 0 saturated carbocycles. The number of hydrogen-bond donors (Lipinski definition) is 1. The third-order valence-electron chi connectivity index (χ3n) is 5.27. The molecule has 0 radical (unpaired) electrons. The van der Waals surface area contributed by atoms with Gasteiger partial charge in [0.1, 0.15) is 12.4 Å². The molecular weight excluding hydrogens is 448 g/mol. The van der Waals surface area contributed by atoms with Crippen molar-refractivity contribution < 1.29 is 9.59 Å². The summed E-state index contributed by atoms with van der Waals surface area (Å²) in [6.45, 7) is 12.6. The van der Waals surface area contributed by atoms with Crippen LogP contribution in [0.3, 0.4) is 0 Å². The normalized spacial score (nSPS) is 11.5. The minimum absolute atomic E-state index is 0.0760. The van der Waals surface area contributed by atoms with Gasteiger partial charge in [-0.15, -0.1) is 0 Å². The summed E-state index contributed by atoms with van der Waals surface area (Å²) < 4.78 is 1.75. The molecule has 0 aliphatic carbocycles. The molecule has 1 N–H and O–H groups in total. The van der Waals surface area contributed by atoms with Crippen LogP contribution >= 0.6 is 11.6 Å². The molecule has 3 rings (SSSR count). The number of nitrogens with zero attached hydrogens (tertiary/aromatic N) is 3. The summed E-state index contributed by atoms with van der Waals surface area (Å²) >= 11 is 6.08. The van der Waals surface area contributed by atoms with Crippen molar-refractivity contribution in [2.75, 3.05) is 18.4 Å². The average Bonchev–Trinajstić information content (AvgIpc) is 3.16. The Morgan fingerprint density at radius 3 is 2.41 bits per heavy atom. The minimum atomic E-state index is -0.287. The van der Waals surface area contributed by atoms with Gasteiger partial charge in [0, 0.05) is 28.6 Å². The summed E-state index contributed by atoms with van der Waals surface area (Å²) in [5.74, 6) is 0.251. The number of carbonyl (C=O) groups is 2. The Kier molecular flexibility index (Phi) is 7.82. The fourth-order valence-electron chi connectivity index (χ4n) is 3.61. The highest BCUT2D eigenvalue weighted by Crippen LogP contribution is 2.26. The molecule has 0 atom stereocenters. The number of aromatic nitrogens is 2. The van der Waals surface area contributed by atoms with E-state index in [2.05, 4.69) is 26.1 Å². The molecule has 0 fully saturated rings. The number of halogens is 1. The maximum atomic E-state index is 13.2. The molecule has 0 saturated heterocycles. The fraction of sp³-hybridized carbons (Fsp3) is 0.370. The lowest BCUT2D eigenvalue weighted by atomic mass is 9.92. The zero-order chi connectivity index (χ0) is 25.0. The van der Waals surface area contributed by atoms with Crippen molar-refractivity contribution in [3.63, 3.8) is 0 Å². The highest BCUT2D eigenvalue weighted by Gasteiger charge is 2.24. The number of benzene rings is 2. The first-order valence-electron chi connectivity index (χ1n) is 11.5. The maximum Gasteiger partial charge on any atom is 0.254 e. The van der Waals surface area contributed by atoms with Crippen LogP contribution in [-0.4, -0.2) is 39.6 Å².